The third kappa shape index (κ3) is 6.17. The first-order chi connectivity index (χ1) is 14.7. The third-order valence-electron chi connectivity index (χ3n) is 5.34. The van der Waals surface area contributed by atoms with Gasteiger partial charge in [0.25, 0.3) is 5.91 Å². The zero-order chi connectivity index (χ0) is 22.6. The molecule has 0 aliphatic heterocycles. The molecule has 1 amide bonds. The molecule has 1 fully saturated rings. The van der Waals surface area contributed by atoms with E-state index < -0.39 is 29.2 Å². The summed E-state index contributed by atoms with van der Waals surface area (Å²) in [6, 6.07) is 9.05. The van der Waals surface area contributed by atoms with E-state index in [0.717, 1.165) is 24.5 Å². The van der Waals surface area contributed by atoms with E-state index in [4.69, 9.17) is 20.6 Å². The fourth-order valence-electron chi connectivity index (χ4n) is 3.05. The number of carbonyl (C=O) groups is 1. The number of nitrogen functional groups attached to an aromatic ring is 1. The first kappa shape index (κ1) is 25.5. The van der Waals surface area contributed by atoms with Crippen molar-refractivity contribution in [3.8, 4) is 5.75 Å². The number of nitrogens with two attached hydrogens (primary N) is 1. The van der Waals surface area contributed by atoms with Crippen molar-refractivity contribution in [1.82, 2.24) is 5.32 Å². The van der Waals surface area contributed by atoms with Gasteiger partial charge in [0, 0.05) is 24.1 Å². The minimum absolute atomic E-state index is 0. The molecular formula is C23H28ClF2N3O3. The lowest BCUT2D eigenvalue weighted by atomic mass is 10.1. The summed E-state index contributed by atoms with van der Waals surface area (Å²) < 4.78 is 40.6. The second kappa shape index (κ2) is 10.7. The molecule has 1 saturated carbocycles. The SMILES string of the molecule is CCOC(C(=O)NCc1ccc(C(=N)N)cc1)c1c(F)ccc(OCC2(C)CC2)c1F.Cl. The minimum Gasteiger partial charge on any atom is -0.490 e. The fourth-order valence-corrected chi connectivity index (χ4v) is 3.05. The van der Waals surface area contributed by atoms with Gasteiger partial charge < -0.3 is 20.5 Å². The lowest BCUT2D eigenvalue weighted by molar-refractivity contribution is -0.133. The number of rotatable bonds is 10. The number of hydrogen-bond donors (Lipinski definition) is 3. The van der Waals surface area contributed by atoms with Gasteiger partial charge in [0.05, 0.1) is 12.2 Å². The molecule has 1 atom stereocenters. The minimum atomic E-state index is -1.46. The van der Waals surface area contributed by atoms with Crippen LogP contribution in [-0.4, -0.2) is 25.0 Å². The van der Waals surface area contributed by atoms with Crippen LogP contribution in [0.15, 0.2) is 36.4 Å². The smallest absolute Gasteiger partial charge is 0.254 e. The molecule has 174 valence electrons. The number of halogens is 3. The predicted octanol–water partition coefficient (Wildman–Crippen LogP) is 4.24. The maximum absolute atomic E-state index is 15.1. The number of carbonyl (C=O) groups excluding carboxylic acids is 1. The van der Waals surface area contributed by atoms with Crippen molar-refractivity contribution in [1.29, 1.82) is 5.41 Å². The normalized spacial score (nSPS) is 14.8. The number of amides is 1. The Kier molecular flexibility index (Phi) is 8.58. The predicted molar refractivity (Wildman–Crippen MR) is 120 cm³/mol. The van der Waals surface area contributed by atoms with Gasteiger partial charge in [-0.1, -0.05) is 31.2 Å². The van der Waals surface area contributed by atoms with E-state index in [-0.39, 0.29) is 42.6 Å². The zero-order valence-corrected chi connectivity index (χ0v) is 18.9. The molecule has 2 aromatic carbocycles. The molecule has 0 saturated heterocycles. The van der Waals surface area contributed by atoms with Gasteiger partial charge in [-0.15, -0.1) is 12.4 Å². The monoisotopic (exact) mass is 467 g/mol. The van der Waals surface area contributed by atoms with Gasteiger partial charge in [0.15, 0.2) is 17.7 Å². The highest BCUT2D eigenvalue weighted by Gasteiger charge is 2.38. The highest BCUT2D eigenvalue weighted by molar-refractivity contribution is 5.94. The van der Waals surface area contributed by atoms with E-state index in [1.807, 2.05) is 6.92 Å². The average Bonchev–Trinajstić information content (AvgIpc) is 3.48. The molecule has 0 aromatic heterocycles. The van der Waals surface area contributed by atoms with Crippen molar-refractivity contribution in [3.05, 3.63) is 64.7 Å². The summed E-state index contributed by atoms with van der Waals surface area (Å²) in [7, 11) is 0. The Morgan fingerprint density at radius 3 is 2.44 bits per heavy atom. The van der Waals surface area contributed by atoms with Crippen LogP contribution in [-0.2, 0) is 16.1 Å². The van der Waals surface area contributed by atoms with E-state index in [1.54, 1.807) is 31.2 Å². The Morgan fingerprint density at radius 2 is 1.88 bits per heavy atom. The molecule has 9 heteroatoms. The summed E-state index contributed by atoms with van der Waals surface area (Å²) in [5.74, 6) is -2.62. The Hall–Kier alpha value is -2.71. The van der Waals surface area contributed by atoms with Gasteiger partial charge in [-0.3, -0.25) is 10.2 Å². The van der Waals surface area contributed by atoms with Crippen molar-refractivity contribution >= 4 is 24.1 Å². The van der Waals surface area contributed by atoms with Gasteiger partial charge in [-0.25, -0.2) is 8.78 Å². The maximum atomic E-state index is 15.1. The van der Waals surface area contributed by atoms with Crippen LogP contribution >= 0.6 is 12.4 Å². The van der Waals surface area contributed by atoms with E-state index >= 15 is 4.39 Å². The van der Waals surface area contributed by atoms with E-state index in [2.05, 4.69) is 5.32 Å². The first-order valence-electron chi connectivity index (χ1n) is 10.2. The van der Waals surface area contributed by atoms with E-state index in [0.29, 0.717) is 12.2 Å². The van der Waals surface area contributed by atoms with E-state index in [1.165, 1.54) is 6.07 Å². The molecule has 6 nitrogen and oxygen atoms in total. The fraction of sp³-hybridized carbons (Fsp3) is 0.391. The summed E-state index contributed by atoms with van der Waals surface area (Å²) in [5.41, 5.74) is 6.28. The number of hydrogen-bond acceptors (Lipinski definition) is 4. The molecule has 32 heavy (non-hydrogen) atoms. The summed E-state index contributed by atoms with van der Waals surface area (Å²) in [6.45, 7) is 4.22. The van der Waals surface area contributed by atoms with Crippen LogP contribution in [0.25, 0.3) is 0 Å². The molecule has 3 rings (SSSR count). The zero-order valence-electron chi connectivity index (χ0n) is 18.0. The highest BCUT2D eigenvalue weighted by atomic mass is 35.5. The van der Waals surface area contributed by atoms with Gasteiger partial charge in [-0.2, -0.15) is 0 Å². The van der Waals surface area contributed by atoms with E-state index in [9.17, 15) is 9.18 Å². The molecule has 0 heterocycles. The van der Waals surface area contributed by atoms with Crippen molar-refractivity contribution in [2.75, 3.05) is 13.2 Å². The van der Waals surface area contributed by atoms with Gasteiger partial charge in [0.1, 0.15) is 11.7 Å². The van der Waals surface area contributed by atoms with Crippen molar-refractivity contribution in [3.63, 3.8) is 0 Å². The maximum Gasteiger partial charge on any atom is 0.254 e. The summed E-state index contributed by atoms with van der Waals surface area (Å²) in [4.78, 5) is 12.8. The summed E-state index contributed by atoms with van der Waals surface area (Å²) in [5, 5.41) is 10.1. The van der Waals surface area contributed by atoms with Crippen LogP contribution in [0.5, 0.6) is 5.75 Å². The average molecular weight is 468 g/mol. The number of benzene rings is 2. The molecule has 4 N–H and O–H groups in total. The quantitative estimate of drug-likeness (QED) is 0.359. The van der Waals surface area contributed by atoms with Crippen molar-refractivity contribution in [2.45, 2.75) is 39.3 Å². The Balaban J connectivity index is 0.00000363. The second-order valence-electron chi connectivity index (χ2n) is 8.04. The number of ether oxygens (including phenoxy) is 2. The van der Waals surface area contributed by atoms with Gasteiger partial charge >= 0.3 is 0 Å². The molecule has 2 aromatic rings. The molecule has 1 aliphatic carbocycles. The summed E-state index contributed by atoms with van der Waals surface area (Å²) in [6.07, 6.45) is 0.543. The topological polar surface area (TPSA) is 97.4 Å². The molecule has 0 spiro atoms. The highest BCUT2D eigenvalue weighted by Crippen LogP contribution is 2.45. The standard InChI is InChI=1S/C23H27F2N3O3.ClH/c1-3-30-20(22(29)28-12-14-4-6-15(7-5-14)21(26)27)18-16(24)8-9-17(19(18)25)31-13-23(2)10-11-23;/h4-9,20H,3,10-13H2,1-2H3,(H3,26,27)(H,28,29);1H. The second-order valence-corrected chi connectivity index (χ2v) is 8.04. The molecule has 1 unspecified atom stereocenters. The van der Waals surface area contributed by atoms with Gasteiger partial charge in [-0.05, 0) is 37.5 Å². The lowest BCUT2D eigenvalue weighted by Crippen LogP contribution is -2.32. The molecular weight excluding hydrogens is 440 g/mol. The van der Waals surface area contributed by atoms with Crippen LogP contribution in [0, 0.1) is 22.5 Å². The Morgan fingerprint density at radius 1 is 1.22 bits per heavy atom. The van der Waals surface area contributed by atoms with Gasteiger partial charge in [0.2, 0.25) is 0 Å². The number of nitrogens with one attached hydrogen (secondary N) is 2. The Bertz CT molecular complexity index is 966. The molecule has 0 bridgehead atoms. The van der Waals surface area contributed by atoms with Crippen LogP contribution < -0.4 is 15.8 Å². The first-order valence-corrected chi connectivity index (χ1v) is 10.2. The lowest BCUT2D eigenvalue weighted by Gasteiger charge is -2.20. The van der Waals surface area contributed by atoms with Crippen LogP contribution in [0.4, 0.5) is 8.78 Å². The third-order valence-corrected chi connectivity index (χ3v) is 5.34. The number of amidine groups is 1. The molecule has 1 aliphatic rings. The van der Waals surface area contributed by atoms with Crippen LogP contribution in [0.2, 0.25) is 0 Å². The van der Waals surface area contributed by atoms with Crippen LogP contribution in [0.3, 0.4) is 0 Å². The van der Waals surface area contributed by atoms with Crippen molar-refractivity contribution < 1.29 is 23.0 Å². The summed E-state index contributed by atoms with van der Waals surface area (Å²) >= 11 is 0. The largest absolute Gasteiger partial charge is 0.490 e. The van der Waals surface area contributed by atoms with Crippen molar-refractivity contribution in [2.24, 2.45) is 11.1 Å². The molecule has 0 radical (unpaired) electrons. The van der Waals surface area contributed by atoms with Crippen LogP contribution in [0.1, 0.15) is 49.5 Å². The Labute approximate surface area is 192 Å².